The molecule has 3 rings (SSSR count). The first-order chi connectivity index (χ1) is 8.93. The van der Waals surface area contributed by atoms with Crippen molar-refractivity contribution in [1.29, 1.82) is 0 Å². The maximum Gasteiger partial charge on any atom is -0.0139 e. The first-order valence-corrected chi connectivity index (χ1v) is 7.32. The third-order valence-electron chi connectivity index (χ3n) is 4.60. The minimum atomic E-state index is 0.839. The van der Waals surface area contributed by atoms with Gasteiger partial charge in [0.1, 0.15) is 0 Å². The molecule has 0 N–H and O–H groups in total. The van der Waals surface area contributed by atoms with Crippen molar-refractivity contribution >= 4 is 0 Å². The molecule has 0 bridgehead atoms. The van der Waals surface area contributed by atoms with E-state index in [-0.39, 0.29) is 0 Å². The number of allylic oxidation sites excluding steroid dienone is 4. The van der Waals surface area contributed by atoms with E-state index in [1.807, 2.05) is 0 Å². The van der Waals surface area contributed by atoms with E-state index in [1.54, 1.807) is 0 Å². The Morgan fingerprint density at radius 3 is 2.67 bits per heavy atom. The molecular formula is C18H22. The summed E-state index contributed by atoms with van der Waals surface area (Å²) in [5, 5.41) is 0. The number of rotatable bonds is 4. The van der Waals surface area contributed by atoms with Gasteiger partial charge >= 0.3 is 0 Å². The maximum atomic E-state index is 2.45. The highest BCUT2D eigenvalue weighted by Crippen LogP contribution is 2.42. The maximum absolute atomic E-state index is 2.45. The number of hydrogen-bond acceptors (Lipinski definition) is 0. The molecule has 1 aromatic rings. The Hall–Kier alpha value is -1.30. The molecule has 94 valence electrons. The zero-order valence-corrected chi connectivity index (χ0v) is 11.0. The Morgan fingerprint density at radius 1 is 0.944 bits per heavy atom. The summed E-state index contributed by atoms with van der Waals surface area (Å²) in [5.74, 6) is 2.61. The molecule has 2 aliphatic carbocycles. The molecular weight excluding hydrogens is 216 g/mol. The van der Waals surface area contributed by atoms with Crippen LogP contribution in [0.25, 0.3) is 0 Å². The van der Waals surface area contributed by atoms with Gasteiger partial charge in [0, 0.05) is 0 Å². The molecule has 2 aliphatic rings. The molecule has 1 aromatic carbocycles. The highest BCUT2D eigenvalue weighted by atomic mass is 14.4. The Morgan fingerprint density at radius 2 is 1.78 bits per heavy atom. The SMILES string of the molecule is C1=CC2CCC(CCCc3ccccc3)C2C=C1. The third kappa shape index (κ3) is 2.58. The summed E-state index contributed by atoms with van der Waals surface area (Å²) >= 11 is 0. The zero-order chi connectivity index (χ0) is 12.2. The molecule has 0 aromatic heterocycles. The van der Waals surface area contributed by atoms with Crippen molar-refractivity contribution in [2.45, 2.75) is 32.1 Å². The molecule has 0 aliphatic heterocycles. The van der Waals surface area contributed by atoms with Crippen LogP contribution in [0.5, 0.6) is 0 Å². The van der Waals surface area contributed by atoms with Gasteiger partial charge in [-0.05, 0) is 55.4 Å². The minimum Gasteiger partial charge on any atom is -0.0808 e. The quantitative estimate of drug-likeness (QED) is 0.708. The van der Waals surface area contributed by atoms with E-state index in [0.29, 0.717) is 0 Å². The van der Waals surface area contributed by atoms with Crippen LogP contribution < -0.4 is 0 Å². The van der Waals surface area contributed by atoms with Gasteiger partial charge in [0.05, 0.1) is 0 Å². The van der Waals surface area contributed by atoms with Crippen molar-refractivity contribution in [2.75, 3.05) is 0 Å². The third-order valence-corrected chi connectivity index (χ3v) is 4.60. The zero-order valence-electron chi connectivity index (χ0n) is 11.0. The molecule has 0 heterocycles. The Bertz CT molecular complexity index is 427. The van der Waals surface area contributed by atoms with Crippen LogP contribution >= 0.6 is 0 Å². The summed E-state index contributed by atoms with van der Waals surface area (Å²) < 4.78 is 0. The van der Waals surface area contributed by atoms with Crippen LogP contribution in [-0.2, 0) is 6.42 Å². The second-order valence-corrected chi connectivity index (χ2v) is 5.73. The Labute approximate surface area is 110 Å². The van der Waals surface area contributed by atoms with Crippen molar-refractivity contribution in [1.82, 2.24) is 0 Å². The second-order valence-electron chi connectivity index (χ2n) is 5.73. The Balaban J connectivity index is 1.49. The van der Waals surface area contributed by atoms with Crippen molar-refractivity contribution in [2.24, 2.45) is 17.8 Å². The van der Waals surface area contributed by atoms with Gasteiger partial charge in [-0.15, -0.1) is 0 Å². The van der Waals surface area contributed by atoms with E-state index in [1.165, 1.54) is 37.7 Å². The van der Waals surface area contributed by atoms with Gasteiger partial charge in [0.15, 0.2) is 0 Å². The second kappa shape index (κ2) is 5.56. The van der Waals surface area contributed by atoms with Crippen molar-refractivity contribution < 1.29 is 0 Å². The van der Waals surface area contributed by atoms with Gasteiger partial charge in [-0.25, -0.2) is 0 Å². The largest absolute Gasteiger partial charge is 0.0808 e. The van der Waals surface area contributed by atoms with Crippen LogP contribution in [0.4, 0.5) is 0 Å². The van der Waals surface area contributed by atoms with E-state index >= 15 is 0 Å². The fourth-order valence-electron chi connectivity index (χ4n) is 3.61. The molecule has 1 fully saturated rings. The van der Waals surface area contributed by atoms with E-state index in [2.05, 4.69) is 54.6 Å². The van der Waals surface area contributed by atoms with E-state index in [0.717, 1.165) is 17.8 Å². The summed E-state index contributed by atoms with van der Waals surface area (Å²) in [4.78, 5) is 0. The monoisotopic (exact) mass is 238 g/mol. The fourth-order valence-corrected chi connectivity index (χ4v) is 3.61. The summed E-state index contributed by atoms with van der Waals surface area (Å²) in [6.07, 6.45) is 16.2. The number of fused-ring (bicyclic) bond motifs is 1. The van der Waals surface area contributed by atoms with Gasteiger partial charge < -0.3 is 0 Å². The van der Waals surface area contributed by atoms with E-state index in [9.17, 15) is 0 Å². The van der Waals surface area contributed by atoms with Gasteiger partial charge in [0.2, 0.25) is 0 Å². The van der Waals surface area contributed by atoms with E-state index in [4.69, 9.17) is 0 Å². The van der Waals surface area contributed by atoms with Crippen LogP contribution in [0.2, 0.25) is 0 Å². The van der Waals surface area contributed by atoms with Gasteiger partial charge in [0.25, 0.3) is 0 Å². The number of benzene rings is 1. The van der Waals surface area contributed by atoms with Gasteiger partial charge in [-0.1, -0.05) is 54.6 Å². The minimum absolute atomic E-state index is 0.839. The first kappa shape index (κ1) is 11.8. The number of hydrogen-bond donors (Lipinski definition) is 0. The molecule has 0 saturated heterocycles. The first-order valence-electron chi connectivity index (χ1n) is 7.32. The Kier molecular flexibility index (Phi) is 3.64. The summed E-state index contributed by atoms with van der Waals surface area (Å²) in [5.41, 5.74) is 1.49. The summed E-state index contributed by atoms with van der Waals surface area (Å²) in [6, 6.07) is 10.9. The average molecular weight is 238 g/mol. The van der Waals surface area contributed by atoms with Crippen LogP contribution in [0.3, 0.4) is 0 Å². The molecule has 0 nitrogen and oxygen atoms in total. The van der Waals surface area contributed by atoms with E-state index < -0.39 is 0 Å². The predicted molar refractivity (Wildman–Crippen MR) is 77.4 cm³/mol. The molecule has 0 spiro atoms. The lowest BCUT2D eigenvalue weighted by molar-refractivity contribution is 0.384. The highest BCUT2D eigenvalue weighted by molar-refractivity contribution is 5.18. The van der Waals surface area contributed by atoms with Crippen molar-refractivity contribution in [3.8, 4) is 0 Å². The van der Waals surface area contributed by atoms with Crippen LogP contribution in [0.1, 0.15) is 31.2 Å². The lowest BCUT2D eigenvalue weighted by Crippen LogP contribution is -2.13. The smallest absolute Gasteiger partial charge is 0.0139 e. The topological polar surface area (TPSA) is 0 Å². The number of aryl methyl sites for hydroxylation is 1. The van der Waals surface area contributed by atoms with Crippen LogP contribution in [0, 0.1) is 17.8 Å². The van der Waals surface area contributed by atoms with Crippen LogP contribution in [0.15, 0.2) is 54.6 Å². The van der Waals surface area contributed by atoms with Gasteiger partial charge in [-0.3, -0.25) is 0 Å². The summed E-state index contributed by atoms with van der Waals surface area (Å²) in [7, 11) is 0. The van der Waals surface area contributed by atoms with Crippen LogP contribution in [-0.4, -0.2) is 0 Å². The lowest BCUT2D eigenvalue weighted by atomic mass is 9.83. The normalized spacial score (nSPS) is 29.4. The molecule has 0 heteroatoms. The summed E-state index contributed by atoms with van der Waals surface area (Å²) in [6.45, 7) is 0. The molecule has 1 saturated carbocycles. The molecule has 0 radical (unpaired) electrons. The molecule has 3 atom stereocenters. The fraction of sp³-hybridized carbons (Fsp3) is 0.444. The predicted octanol–water partition coefficient (Wildman–Crippen LogP) is 4.78. The van der Waals surface area contributed by atoms with Gasteiger partial charge in [-0.2, -0.15) is 0 Å². The molecule has 0 amide bonds. The standard InChI is InChI=1S/C18H22/c1-2-7-15(8-3-1)9-6-11-17-14-13-16-10-4-5-12-18(16)17/h1-5,7-8,10,12,16-18H,6,9,11,13-14H2. The molecule has 3 unspecified atom stereocenters. The lowest BCUT2D eigenvalue weighted by Gasteiger charge is -2.21. The molecule has 18 heavy (non-hydrogen) atoms. The van der Waals surface area contributed by atoms with Crippen molar-refractivity contribution in [3.63, 3.8) is 0 Å². The highest BCUT2D eigenvalue weighted by Gasteiger charge is 2.32. The average Bonchev–Trinajstić information content (AvgIpc) is 2.84. The van der Waals surface area contributed by atoms with Crippen molar-refractivity contribution in [3.05, 3.63) is 60.2 Å².